The molecule has 21 heteroatoms. The molecule has 2 fully saturated rings. The molecular weight excluding hydrogens is 1020 g/mol. The van der Waals surface area contributed by atoms with Gasteiger partial charge in [-0.3, -0.25) is 38.4 Å². The van der Waals surface area contributed by atoms with Gasteiger partial charge in [-0.15, -0.1) is 0 Å². The fourth-order valence-electron chi connectivity index (χ4n) is 10.6. The van der Waals surface area contributed by atoms with Gasteiger partial charge in [-0.05, 0) is 107 Å². The van der Waals surface area contributed by atoms with Crippen LogP contribution in [0.2, 0.25) is 0 Å². The molecule has 434 valence electrons. The van der Waals surface area contributed by atoms with Crippen LogP contribution in [0.4, 0.5) is 5.69 Å². The summed E-state index contributed by atoms with van der Waals surface area (Å²) in [6.07, 6.45) is -2.76. The maximum absolute atomic E-state index is 15.0. The second-order valence-corrected chi connectivity index (χ2v) is 22.4. The number of nitrogens with one attached hydrogen (secondary N) is 3. The first-order chi connectivity index (χ1) is 37.2. The van der Waals surface area contributed by atoms with Crippen LogP contribution in [-0.4, -0.2) is 162 Å². The fraction of sp³-hybridized carbons (Fsp3) is 0.621. The first-order valence-corrected chi connectivity index (χ1v) is 27.5. The Balaban J connectivity index is 1.65. The number of carbonyl (C=O) groups is 10. The molecule has 5 rings (SSSR count). The van der Waals surface area contributed by atoms with E-state index >= 15 is 0 Å². The molecule has 0 aromatic heterocycles. The van der Waals surface area contributed by atoms with E-state index in [0.29, 0.717) is 30.6 Å². The summed E-state index contributed by atoms with van der Waals surface area (Å²) in [6, 6.07) is 4.58. The number of cyclic esters (lactones) is 2. The molecule has 2 aromatic carbocycles. The summed E-state index contributed by atoms with van der Waals surface area (Å²) >= 11 is 0. The second-order valence-electron chi connectivity index (χ2n) is 22.4. The van der Waals surface area contributed by atoms with E-state index in [1.807, 2.05) is 27.7 Å². The van der Waals surface area contributed by atoms with Crippen molar-refractivity contribution in [3.63, 3.8) is 0 Å². The quantitative estimate of drug-likeness (QED) is 0.143. The summed E-state index contributed by atoms with van der Waals surface area (Å²) in [5.41, 5.74) is 0.244. The summed E-state index contributed by atoms with van der Waals surface area (Å²) in [5.74, 6) is -11.7. The van der Waals surface area contributed by atoms with Gasteiger partial charge in [0.1, 0.15) is 47.7 Å². The number of likely N-dealkylation sites (N-methyl/N-ethyl adjacent to an activating group) is 1. The lowest BCUT2D eigenvalue weighted by Gasteiger charge is -2.35. The van der Waals surface area contributed by atoms with Gasteiger partial charge in [0.15, 0.2) is 23.4 Å². The minimum atomic E-state index is -1.74. The van der Waals surface area contributed by atoms with Crippen LogP contribution in [0.15, 0.2) is 42.5 Å². The van der Waals surface area contributed by atoms with Gasteiger partial charge in [0.2, 0.25) is 23.6 Å². The average Bonchev–Trinajstić information content (AvgIpc) is 4.12. The van der Waals surface area contributed by atoms with Gasteiger partial charge < -0.3 is 54.7 Å². The predicted octanol–water partition coefficient (Wildman–Crippen LogP) is 4.29. The highest BCUT2D eigenvalue weighted by atomic mass is 16.6. The van der Waals surface area contributed by atoms with Gasteiger partial charge >= 0.3 is 11.9 Å². The van der Waals surface area contributed by atoms with Crippen molar-refractivity contribution >= 4 is 64.6 Å². The number of rotatable bonds is 15. The van der Waals surface area contributed by atoms with Crippen molar-refractivity contribution in [1.29, 1.82) is 0 Å². The highest BCUT2D eigenvalue weighted by Gasteiger charge is 2.46. The number of Topliss-reactive ketones (excluding diaryl/α,β-unsaturated/α-hetero) is 2. The molecule has 3 heterocycles. The van der Waals surface area contributed by atoms with Gasteiger partial charge in [0, 0.05) is 38.4 Å². The highest BCUT2D eigenvalue weighted by molar-refractivity contribution is 6.07. The first kappa shape index (κ1) is 62.9. The Labute approximate surface area is 463 Å². The largest absolute Gasteiger partial charge is 0.497 e. The Bertz CT molecular complexity index is 2570. The number of likely N-dealkylation sites (tertiary alicyclic amines) is 1. The van der Waals surface area contributed by atoms with Gasteiger partial charge in [-0.25, -0.2) is 9.59 Å². The van der Waals surface area contributed by atoms with Crippen molar-refractivity contribution in [3.8, 4) is 11.5 Å². The SMILES string of the molecule is COc1ccc(CC2C(=O)OC(C)C(NC(=O)C(CC(C)C)C(C)C(=O)C3CCCN3C(=O)C(C)O)C(=O)Nc3cccc(c3OC)C(=O)OC(C(C)C)C(=O)C(C)C(=O)NC(CC(C)C)C(=O)N3CCCC3C(=O)N2C)cc1. The van der Waals surface area contributed by atoms with Gasteiger partial charge in [-0.2, -0.15) is 0 Å². The molecule has 3 aliphatic heterocycles. The highest BCUT2D eigenvalue weighted by Crippen LogP contribution is 2.33. The number of hydrogen-bond acceptors (Lipinski definition) is 15. The third-order valence-corrected chi connectivity index (χ3v) is 15.1. The Morgan fingerprint density at radius 3 is 2.06 bits per heavy atom. The molecule has 11 atom stereocenters. The zero-order valence-corrected chi connectivity index (χ0v) is 48.0. The lowest BCUT2D eigenvalue weighted by molar-refractivity contribution is -0.162. The van der Waals surface area contributed by atoms with E-state index in [4.69, 9.17) is 18.9 Å². The molecule has 6 amide bonds. The Hall–Kier alpha value is -6.90. The zero-order chi connectivity index (χ0) is 58.7. The molecule has 0 aliphatic carbocycles. The Morgan fingerprint density at radius 1 is 0.810 bits per heavy atom. The standard InChI is InChI=1S/C58H82N6O15/c1-30(2)27-40(33(7)47(66)43-19-15-25-63(43)54(71)35(9)65)52(69)61-46-36(10)78-58(75)45(29-37-21-23-38(76-12)24-22-37)62(11)56(73)44-20-16-26-64(44)55(72)42(28-31(3)4)60-51(68)34(8)48(67)49(32(5)6)79-57(74)39-17-14-18-41(50(39)77-13)59-53(46)70/h14,17-18,21-24,30-36,40,42-46,49,65H,15-16,19-20,25-29H2,1-13H3,(H,59,70)(H,60,68)(H,61,69). The number of ether oxygens (including phenoxy) is 4. The van der Waals surface area contributed by atoms with E-state index in [0.717, 1.165) is 0 Å². The number of amides is 6. The van der Waals surface area contributed by atoms with Gasteiger partial charge in [-0.1, -0.05) is 66.7 Å². The molecule has 2 bridgehead atoms. The van der Waals surface area contributed by atoms with E-state index in [9.17, 15) is 53.1 Å². The summed E-state index contributed by atoms with van der Waals surface area (Å²) in [6.45, 7) is 16.7. The Kier molecular flexibility index (Phi) is 22.1. The molecule has 0 spiro atoms. The van der Waals surface area contributed by atoms with Crippen molar-refractivity contribution in [2.24, 2.45) is 35.5 Å². The second kappa shape index (κ2) is 27.8. The summed E-state index contributed by atoms with van der Waals surface area (Å²) < 4.78 is 23.1. The molecule has 21 nitrogen and oxygen atoms in total. The third kappa shape index (κ3) is 15.3. The van der Waals surface area contributed by atoms with Crippen molar-refractivity contribution in [1.82, 2.24) is 25.3 Å². The van der Waals surface area contributed by atoms with Crippen LogP contribution in [0.1, 0.15) is 124 Å². The number of nitrogens with zero attached hydrogens (tertiary/aromatic N) is 3. The maximum atomic E-state index is 15.0. The van der Waals surface area contributed by atoms with E-state index in [2.05, 4.69) is 16.0 Å². The minimum Gasteiger partial charge on any atom is -0.497 e. The normalized spacial score (nSPS) is 25.3. The summed E-state index contributed by atoms with van der Waals surface area (Å²) in [5, 5.41) is 18.4. The van der Waals surface area contributed by atoms with Crippen molar-refractivity contribution in [2.45, 2.75) is 163 Å². The lowest BCUT2D eigenvalue weighted by atomic mass is 9.80. The number of ketones is 2. The average molecular weight is 1100 g/mol. The number of methoxy groups -OCH3 is 2. The maximum Gasteiger partial charge on any atom is 0.342 e. The molecule has 11 unspecified atom stereocenters. The lowest BCUT2D eigenvalue weighted by Crippen LogP contribution is -2.58. The van der Waals surface area contributed by atoms with Crippen LogP contribution in [0.3, 0.4) is 0 Å². The third-order valence-electron chi connectivity index (χ3n) is 15.1. The Morgan fingerprint density at radius 2 is 1.47 bits per heavy atom. The molecule has 3 aliphatic rings. The molecule has 4 N–H and O–H groups in total. The van der Waals surface area contributed by atoms with Crippen LogP contribution in [-0.2, 0) is 59.0 Å². The molecule has 79 heavy (non-hydrogen) atoms. The molecular formula is C58H82N6O15. The van der Waals surface area contributed by atoms with Crippen molar-refractivity contribution in [3.05, 3.63) is 53.6 Å². The van der Waals surface area contributed by atoms with Gasteiger partial charge in [0.25, 0.3) is 11.8 Å². The monoisotopic (exact) mass is 1100 g/mol. The van der Waals surface area contributed by atoms with Crippen molar-refractivity contribution < 1.29 is 72.0 Å². The number of hydrogen-bond donors (Lipinski definition) is 4. The smallest absolute Gasteiger partial charge is 0.342 e. The fourth-order valence-corrected chi connectivity index (χ4v) is 10.6. The van der Waals surface area contributed by atoms with Crippen molar-refractivity contribution in [2.75, 3.05) is 39.7 Å². The summed E-state index contributed by atoms with van der Waals surface area (Å²) in [7, 11) is 4.12. The van der Waals surface area contributed by atoms with Crippen LogP contribution >= 0.6 is 0 Å². The van der Waals surface area contributed by atoms with E-state index in [-0.39, 0.29) is 67.6 Å². The van der Waals surface area contributed by atoms with E-state index < -0.39 is 131 Å². The number of para-hydroxylation sites is 1. The van der Waals surface area contributed by atoms with E-state index in [1.54, 1.807) is 45.0 Å². The van der Waals surface area contributed by atoms with Crippen LogP contribution in [0, 0.1) is 35.5 Å². The molecule has 2 aromatic rings. The molecule has 0 radical (unpaired) electrons. The van der Waals surface area contributed by atoms with E-state index in [1.165, 1.54) is 74.9 Å². The number of aliphatic hydroxyl groups excluding tert-OH is 1. The number of esters is 2. The number of carbonyl (C=O) groups excluding carboxylic acids is 10. The first-order valence-electron chi connectivity index (χ1n) is 27.5. The van der Waals surface area contributed by atoms with Gasteiger partial charge in [0.05, 0.1) is 31.9 Å². The topological polar surface area (TPSA) is 274 Å². The van der Waals surface area contributed by atoms with Crippen LogP contribution in [0.25, 0.3) is 0 Å². The number of aliphatic hydroxyl groups is 1. The van der Waals surface area contributed by atoms with Crippen LogP contribution < -0.4 is 25.4 Å². The molecule has 2 saturated heterocycles. The zero-order valence-electron chi connectivity index (χ0n) is 48.0. The van der Waals surface area contributed by atoms with Crippen LogP contribution in [0.5, 0.6) is 11.5 Å². The molecule has 0 saturated carbocycles. The number of fused-ring (bicyclic) bond motifs is 3. The predicted molar refractivity (Wildman–Crippen MR) is 290 cm³/mol. The summed E-state index contributed by atoms with van der Waals surface area (Å²) in [4.78, 5) is 148. The number of benzene rings is 2. The minimum absolute atomic E-state index is 0.102. The number of anilines is 1.